The number of H-pyrrole nitrogens is 1. The van der Waals surface area contributed by atoms with Crippen LogP contribution in [0, 0.1) is 0 Å². The Labute approximate surface area is 120 Å². The van der Waals surface area contributed by atoms with E-state index in [2.05, 4.69) is 10.2 Å². The van der Waals surface area contributed by atoms with Gasteiger partial charge >= 0.3 is 5.97 Å². The molecule has 8 nitrogen and oxygen atoms in total. The number of carboxylic acid groups (broad SMARTS) is 1. The maximum absolute atomic E-state index is 12.5. The first-order valence-electron chi connectivity index (χ1n) is 6.03. The Balaban J connectivity index is 2.14. The van der Waals surface area contributed by atoms with Crippen LogP contribution in [0.15, 0.2) is 35.5 Å². The molecule has 2 heterocycles. The number of rotatable bonds is 3. The number of anilines is 1. The lowest BCUT2D eigenvalue weighted by atomic mass is 10.1. The van der Waals surface area contributed by atoms with Gasteiger partial charge in [-0.3, -0.25) is 9.40 Å². The second-order valence-corrected chi connectivity index (χ2v) is 6.14. The lowest BCUT2D eigenvalue weighted by molar-refractivity contribution is 0.0692. The molecule has 0 amide bonds. The molecule has 0 radical (unpaired) electrons. The van der Waals surface area contributed by atoms with Crippen molar-refractivity contribution in [2.45, 2.75) is 5.03 Å². The molecule has 110 valence electrons. The van der Waals surface area contributed by atoms with Crippen LogP contribution in [-0.2, 0) is 10.0 Å². The van der Waals surface area contributed by atoms with E-state index in [1.165, 1.54) is 30.5 Å². The summed E-state index contributed by atoms with van der Waals surface area (Å²) >= 11 is 0. The number of carboxylic acids is 1. The summed E-state index contributed by atoms with van der Waals surface area (Å²) < 4.78 is 31.6. The van der Waals surface area contributed by atoms with Gasteiger partial charge in [0.05, 0.1) is 18.4 Å². The summed E-state index contributed by atoms with van der Waals surface area (Å²) in [6, 6.07) is 5.69. The zero-order valence-corrected chi connectivity index (χ0v) is 11.5. The van der Waals surface area contributed by atoms with Gasteiger partial charge in [0.15, 0.2) is 10.8 Å². The molecule has 3 rings (SSSR count). The number of fused-ring (bicyclic) bond motifs is 1. The Hall–Kier alpha value is -2.55. The standard InChI is InChI=1S/C12H11N3O5S/c16-12(17)8-2-1-3-9-11(8)20-7-6-15(9)21(18,19)10-4-5-13-14-10/h1-5H,6-7H2,(H,13,14)(H,16,17). The fourth-order valence-electron chi connectivity index (χ4n) is 2.15. The average Bonchev–Trinajstić information content (AvgIpc) is 3.00. The Morgan fingerprint density at radius 2 is 2.19 bits per heavy atom. The lowest BCUT2D eigenvalue weighted by Gasteiger charge is -2.30. The number of carbonyl (C=O) groups is 1. The van der Waals surface area contributed by atoms with Gasteiger partial charge in [-0.15, -0.1) is 0 Å². The molecule has 2 N–H and O–H groups in total. The molecule has 0 bridgehead atoms. The van der Waals surface area contributed by atoms with Gasteiger partial charge in [-0.05, 0) is 18.2 Å². The summed E-state index contributed by atoms with van der Waals surface area (Å²) in [7, 11) is -3.83. The third-order valence-corrected chi connectivity index (χ3v) is 4.82. The number of aromatic carboxylic acids is 1. The van der Waals surface area contributed by atoms with Crippen molar-refractivity contribution in [1.82, 2.24) is 10.2 Å². The highest BCUT2D eigenvalue weighted by Crippen LogP contribution is 2.37. The minimum absolute atomic E-state index is 0.0549. The van der Waals surface area contributed by atoms with E-state index in [1.54, 1.807) is 0 Å². The molecule has 21 heavy (non-hydrogen) atoms. The largest absolute Gasteiger partial charge is 0.489 e. The van der Waals surface area contributed by atoms with Crippen LogP contribution in [0.2, 0.25) is 0 Å². The normalized spacial score (nSPS) is 14.4. The van der Waals surface area contributed by atoms with Gasteiger partial charge in [0, 0.05) is 0 Å². The van der Waals surface area contributed by atoms with Crippen LogP contribution < -0.4 is 9.04 Å². The molecular formula is C12H11N3O5S. The lowest BCUT2D eigenvalue weighted by Crippen LogP contribution is -2.38. The average molecular weight is 309 g/mol. The molecule has 0 unspecified atom stereocenters. The zero-order chi connectivity index (χ0) is 15.0. The maximum atomic E-state index is 12.5. The number of hydrogen-bond donors (Lipinski definition) is 2. The van der Waals surface area contributed by atoms with Gasteiger partial charge in [-0.2, -0.15) is 13.5 Å². The van der Waals surface area contributed by atoms with Gasteiger partial charge in [-0.25, -0.2) is 4.79 Å². The fourth-order valence-corrected chi connectivity index (χ4v) is 3.50. The quantitative estimate of drug-likeness (QED) is 0.862. The van der Waals surface area contributed by atoms with E-state index in [1.807, 2.05) is 0 Å². The van der Waals surface area contributed by atoms with Crippen LogP contribution in [-0.4, -0.2) is 42.8 Å². The van der Waals surface area contributed by atoms with Crippen LogP contribution in [0.1, 0.15) is 10.4 Å². The molecule has 0 saturated heterocycles. The summed E-state index contributed by atoms with van der Waals surface area (Å²) in [5.41, 5.74) is 0.132. The van der Waals surface area contributed by atoms with Crippen molar-refractivity contribution in [3.63, 3.8) is 0 Å². The van der Waals surface area contributed by atoms with Crippen LogP contribution in [0.5, 0.6) is 5.75 Å². The SMILES string of the molecule is O=C(O)c1cccc2c1OCCN2S(=O)(=O)c1ccn[nH]1. The number of aromatic nitrogens is 2. The molecule has 0 saturated carbocycles. The van der Waals surface area contributed by atoms with Crippen LogP contribution in [0.25, 0.3) is 0 Å². The molecule has 0 aliphatic carbocycles. The van der Waals surface area contributed by atoms with E-state index < -0.39 is 16.0 Å². The summed E-state index contributed by atoms with van der Waals surface area (Å²) in [6.45, 7) is 0.169. The molecule has 0 atom stereocenters. The van der Waals surface area contributed by atoms with Crippen molar-refractivity contribution in [3.05, 3.63) is 36.0 Å². The van der Waals surface area contributed by atoms with Gasteiger partial charge in [0.2, 0.25) is 0 Å². The summed E-state index contributed by atoms with van der Waals surface area (Å²) in [5, 5.41) is 15.1. The molecule has 0 fully saturated rings. The van der Waals surface area contributed by atoms with E-state index in [9.17, 15) is 13.2 Å². The molecular weight excluding hydrogens is 298 g/mol. The van der Waals surface area contributed by atoms with E-state index in [0.29, 0.717) is 0 Å². The van der Waals surface area contributed by atoms with Crippen molar-refractivity contribution in [1.29, 1.82) is 0 Å². The number of sulfonamides is 1. The van der Waals surface area contributed by atoms with Gasteiger partial charge in [0.25, 0.3) is 10.0 Å². The third-order valence-electron chi connectivity index (χ3n) is 3.08. The fraction of sp³-hybridized carbons (Fsp3) is 0.167. The number of aromatic amines is 1. The van der Waals surface area contributed by atoms with E-state index in [4.69, 9.17) is 9.84 Å². The number of nitrogens with one attached hydrogen (secondary N) is 1. The summed E-state index contributed by atoms with van der Waals surface area (Å²) in [6.07, 6.45) is 1.34. The highest BCUT2D eigenvalue weighted by Gasteiger charge is 2.33. The van der Waals surface area contributed by atoms with E-state index >= 15 is 0 Å². The van der Waals surface area contributed by atoms with E-state index in [0.717, 1.165) is 4.31 Å². The van der Waals surface area contributed by atoms with Crippen molar-refractivity contribution >= 4 is 21.7 Å². The number of para-hydroxylation sites is 1. The van der Waals surface area contributed by atoms with Crippen molar-refractivity contribution in [3.8, 4) is 5.75 Å². The molecule has 0 spiro atoms. The molecule has 1 aliphatic rings. The molecule has 1 aromatic heterocycles. The predicted octanol–water partition coefficient (Wildman–Crippen LogP) is 0.696. The first-order chi connectivity index (χ1) is 10.0. The monoisotopic (exact) mass is 309 g/mol. The molecule has 9 heteroatoms. The van der Waals surface area contributed by atoms with Crippen LogP contribution >= 0.6 is 0 Å². The van der Waals surface area contributed by atoms with Crippen molar-refractivity contribution in [2.24, 2.45) is 0 Å². The highest BCUT2D eigenvalue weighted by atomic mass is 32.2. The summed E-state index contributed by atoms with van der Waals surface area (Å²) in [5.74, 6) is -1.12. The van der Waals surface area contributed by atoms with Gasteiger partial charge in [0.1, 0.15) is 12.2 Å². The Bertz CT molecular complexity index is 785. The van der Waals surface area contributed by atoms with Crippen LogP contribution in [0.3, 0.4) is 0 Å². The first kappa shape index (κ1) is 13.4. The van der Waals surface area contributed by atoms with Gasteiger partial charge < -0.3 is 9.84 Å². The topological polar surface area (TPSA) is 113 Å². The second-order valence-electron chi connectivity index (χ2n) is 4.31. The Kier molecular flexibility index (Phi) is 3.05. The third kappa shape index (κ3) is 2.11. The predicted molar refractivity (Wildman–Crippen MR) is 72.0 cm³/mol. The Morgan fingerprint density at radius 1 is 1.38 bits per heavy atom. The maximum Gasteiger partial charge on any atom is 0.339 e. The smallest absolute Gasteiger partial charge is 0.339 e. The van der Waals surface area contributed by atoms with Crippen molar-refractivity contribution in [2.75, 3.05) is 17.5 Å². The molecule has 1 aliphatic heterocycles. The number of hydrogen-bond acceptors (Lipinski definition) is 5. The highest BCUT2D eigenvalue weighted by molar-refractivity contribution is 7.92. The Morgan fingerprint density at radius 3 is 2.86 bits per heavy atom. The minimum Gasteiger partial charge on any atom is -0.489 e. The van der Waals surface area contributed by atoms with E-state index in [-0.39, 0.29) is 35.2 Å². The second kappa shape index (κ2) is 4.77. The zero-order valence-electron chi connectivity index (χ0n) is 10.7. The minimum atomic E-state index is -3.83. The van der Waals surface area contributed by atoms with Gasteiger partial charge in [-0.1, -0.05) is 6.07 Å². The van der Waals surface area contributed by atoms with Crippen molar-refractivity contribution < 1.29 is 23.1 Å². The summed E-state index contributed by atoms with van der Waals surface area (Å²) in [4.78, 5) is 11.2. The number of nitrogens with zero attached hydrogens (tertiary/aromatic N) is 2. The number of benzene rings is 1. The van der Waals surface area contributed by atoms with Crippen LogP contribution in [0.4, 0.5) is 5.69 Å². The molecule has 2 aromatic rings. The molecule has 1 aromatic carbocycles. The first-order valence-corrected chi connectivity index (χ1v) is 7.47. The number of ether oxygens (including phenoxy) is 1.